The van der Waals surface area contributed by atoms with E-state index < -0.39 is 0 Å². The summed E-state index contributed by atoms with van der Waals surface area (Å²) in [5, 5.41) is 0. The molecule has 52 valence electrons. The minimum absolute atomic E-state index is 0.633. The molecule has 0 bridgehead atoms. The van der Waals surface area contributed by atoms with E-state index in [1.165, 1.54) is 6.08 Å². The lowest BCUT2D eigenvalue weighted by Crippen LogP contribution is -1.63. The van der Waals surface area contributed by atoms with Crippen LogP contribution in [0.15, 0.2) is 41.6 Å². The van der Waals surface area contributed by atoms with E-state index in [1.54, 1.807) is 31.2 Å². The minimum atomic E-state index is 0.633. The summed E-state index contributed by atoms with van der Waals surface area (Å²) in [4.78, 5) is 13.0. The van der Waals surface area contributed by atoms with Crippen molar-refractivity contribution >= 4 is 6.08 Å². The van der Waals surface area contributed by atoms with Crippen LogP contribution in [0.1, 0.15) is 6.92 Å². The van der Waals surface area contributed by atoms with Crippen molar-refractivity contribution in [2.45, 2.75) is 6.92 Å². The highest BCUT2D eigenvalue weighted by Crippen LogP contribution is 1.92. The molecule has 0 aromatic rings. The zero-order chi connectivity index (χ0) is 7.82. The van der Waals surface area contributed by atoms with Crippen molar-refractivity contribution in [3.8, 4) is 0 Å². The number of hydrogen-bond acceptors (Lipinski definition) is 2. The third-order valence-corrected chi connectivity index (χ3v) is 0.807. The van der Waals surface area contributed by atoms with Gasteiger partial charge in [-0.3, -0.25) is 0 Å². The van der Waals surface area contributed by atoms with Crippen LogP contribution >= 0.6 is 0 Å². The van der Waals surface area contributed by atoms with Crippen molar-refractivity contribution in [1.82, 2.24) is 0 Å². The van der Waals surface area contributed by atoms with Gasteiger partial charge in [-0.15, -0.1) is 0 Å². The van der Waals surface area contributed by atoms with Crippen molar-refractivity contribution < 1.29 is 4.79 Å². The number of nitrogens with zero attached hydrogens (tertiary/aromatic N) is 1. The fraction of sp³-hybridized carbons (Fsp3) is 0.125. The maximum absolute atomic E-state index is 9.67. The first kappa shape index (κ1) is 8.60. The maximum atomic E-state index is 9.67. The average molecular weight is 135 g/mol. The molecule has 0 amide bonds. The fourth-order valence-corrected chi connectivity index (χ4v) is 0.383. The quantitative estimate of drug-likeness (QED) is 0.330. The Morgan fingerprint density at radius 3 is 2.80 bits per heavy atom. The normalized spacial score (nSPS) is 11.1. The van der Waals surface area contributed by atoms with Gasteiger partial charge in [0.25, 0.3) is 0 Å². The molecule has 0 radical (unpaired) electrons. The molecule has 0 aromatic carbocycles. The highest BCUT2D eigenvalue weighted by Gasteiger charge is 1.75. The summed E-state index contributed by atoms with van der Waals surface area (Å²) in [6.07, 6.45) is 8.30. The Morgan fingerprint density at radius 1 is 1.60 bits per heavy atom. The smallest absolute Gasteiger partial charge is 0.211 e. The van der Waals surface area contributed by atoms with E-state index in [0.717, 1.165) is 0 Å². The minimum Gasteiger partial charge on any atom is -0.211 e. The highest BCUT2D eigenvalue weighted by atomic mass is 16.1. The SMILES string of the molecule is C=C/C=C\C=C(/C)N=C=O. The summed E-state index contributed by atoms with van der Waals surface area (Å²) in [7, 11) is 0. The highest BCUT2D eigenvalue weighted by molar-refractivity contribution is 5.37. The molecule has 0 saturated carbocycles. The third-order valence-electron chi connectivity index (χ3n) is 0.807. The largest absolute Gasteiger partial charge is 0.240 e. The molecule has 2 nitrogen and oxygen atoms in total. The lowest BCUT2D eigenvalue weighted by atomic mass is 10.4. The summed E-state index contributed by atoms with van der Waals surface area (Å²) in [5.74, 6) is 0. The van der Waals surface area contributed by atoms with Gasteiger partial charge in [0.2, 0.25) is 6.08 Å². The van der Waals surface area contributed by atoms with Crippen LogP contribution in [0.3, 0.4) is 0 Å². The van der Waals surface area contributed by atoms with Gasteiger partial charge in [0.1, 0.15) is 0 Å². The van der Waals surface area contributed by atoms with Crippen LogP contribution < -0.4 is 0 Å². The molecule has 2 heteroatoms. The molecule has 0 fully saturated rings. The van der Waals surface area contributed by atoms with E-state index >= 15 is 0 Å². The van der Waals surface area contributed by atoms with Gasteiger partial charge in [-0.2, -0.15) is 4.99 Å². The second-order valence-corrected chi connectivity index (χ2v) is 1.63. The molecule has 0 N–H and O–H groups in total. The Balaban J connectivity index is 4.03. The molecular weight excluding hydrogens is 126 g/mol. The lowest BCUT2D eigenvalue weighted by molar-refractivity contribution is 0.564. The Bertz CT molecular complexity index is 207. The molecule has 0 aliphatic rings. The molecule has 0 aromatic heterocycles. The Kier molecular flexibility index (Phi) is 4.93. The standard InChI is InChI=1S/C8H9NO/c1-3-4-5-6-8(2)9-7-10/h3-6H,1H2,2H3/b5-4-,8-6+. The van der Waals surface area contributed by atoms with Gasteiger partial charge in [0, 0.05) is 0 Å². The van der Waals surface area contributed by atoms with E-state index in [0.29, 0.717) is 5.70 Å². The van der Waals surface area contributed by atoms with Gasteiger partial charge in [-0.1, -0.05) is 24.8 Å². The van der Waals surface area contributed by atoms with Crippen molar-refractivity contribution in [3.63, 3.8) is 0 Å². The summed E-state index contributed by atoms with van der Waals surface area (Å²) < 4.78 is 0. The number of hydrogen-bond donors (Lipinski definition) is 0. The Hall–Kier alpha value is -1.40. The van der Waals surface area contributed by atoms with E-state index in [2.05, 4.69) is 11.6 Å². The predicted molar refractivity (Wildman–Crippen MR) is 41.2 cm³/mol. The van der Waals surface area contributed by atoms with Crippen LogP contribution in [-0.2, 0) is 4.79 Å². The lowest BCUT2D eigenvalue weighted by Gasteiger charge is -1.79. The number of carbonyl (C=O) groups excluding carboxylic acids is 1. The van der Waals surface area contributed by atoms with Crippen molar-refractivity contribution in [2.24, 2.45) is 4.99 Å². The van der Waals surface area contributed by atoms with Gasteiger partial charge in [-0.05, 0) is 13.0 Å². The Labute approximate surface area is 60.3 Å². The summed E-state index contributed by atoms with van der Waals surface area (Å²) in [6.45, 7) is 5.20. The molecule has 10 heavy (non-hydrogen) atoms. The van der Waals surface area contributed by atoms with Crippen molar-refractivity contribution in [3.05, 3.63) is 36.6 Å². The van der Waals surface area contributed by atoms with E-state index in [9.17, 15) is 4.79 Å². The van der Waals surface area contributed by atoms with Crippen LogP contribution in [-0.4, -0.2) is 6.08 Å². The van der Waals surface area contributed by atoms with E-state index in [-0.39, 0.29) is 0 Å². The number of aliphatic imine (C=N–C) groups is 1. The molecule has 0 aliphatic carbocycles. The van der Waals surface area contributed by atoms with Gasteiger partial charge >= 0.3 is 0 Å². The molecule has 0 heterocycles. The fourth-order valence-electron chi connectivity index (χ4n) is 0.383. The average Bonchev–Trinajstić information content (AvgIpc) is 1.89. The first-order valence-electron chi connectivity index (χ1n) is 2.85. The molecule has 0 aliphatic heterocycles. The van der Waals surface area contributed by atoms with Crippen LogP contribution in [0.25, 0.3) is 0 Å². The van der Waals surface area contributed by atoms with Crippen molar-refractivity contribution in [2.75, 3.05) is 0 Å². The Morgan fingerprint density at radius 2 is 2.30 bits per heavy atom. The molecule has 0 rings (SSSR count). The van der Waals surface area contributed by atoms with Crippen molar-refractivity contribution in [1.29, 1.82) is 0 Å². The van der Waals surface area contributed by atoms with Crippen LogP contribution in [0.4, 0.5) is 0 Å². The predicted octanol–water partition coefficient (Wildman–Crippen LogP) is 1.97. The third kappa shape index (κ3) is 4.75. The van der Waals surface area contributed by atoms with Gasteiger partial charge < -0.3 is 0 Å². The summed E-state index contributed by atoms with van der Waals surface area (Å²) >= 11 is 0. The molecular formula is C8H9NO. The van der Waals surface area contributed by atoms with Gasteiger partial charge in [-0.25, -0.2) is 4.79 Å². The molecule has 0 atom stereocenters. The molecule has 0 spiro atoms. The monoisotopic (exact) mass is 135 g/mol. The topological polar surface area (TPSA) is 29.4 Å². The first-order chi connectivity index (χ1) is 4.81. The van der Waals surface area contributed by atoms with E-state index in [1.807, 2.05) is 0 Å². The van der Waals surface area contributed by atoms with Gasteiger partial charge in [0.15, 0.2) is 0 Å². The summed E-state index contributed by atoms with van der Waals surface area (Å²) in [5.41, 5.74) is 0.633. The zero-order valence-electron chi connectivity index (χ0n) is 5.87. The first-order valence-corrected chi connectivity index (χ1v) is 2.85. The number of rotatable bonds is 3. The van der Waals surface area contributed by atoms with Crippen LogP contribution in [0, 0.1) is 0 Å². The zero-order valence-corrected chi connectivity index (χ0v) is 5.87. The van der Waals surface area contributed by atoms with Crippen LogP contribution in [0.5, 0.6) is 0 Å². The maximum Gasteiger partial charge on any atom is 0.240 e. The van der Waals surface area contributed by atoms with E-state index in [4.69, 9.17) is 0 Å². The summed E-state index contributed by atoms with van der Waals surface area (Å²) in [6, 6.07) is 0. The molecule has 0 saturated heterocycles. The second-order valence-electron chi connectivity index (χ2n) is 1.63. The second kappa shape index (κ2) is 5.73. The number of allylic oxidation sites excluding steroid dienone is 5. The molecule has 0 unspecified atom stereocenters. The van der Waals surface area contributed by atoms with Crippen LogP contribution in [0.2, 0.25) is 0 Å². The number of isocyanates is 1. The van der Waals surface area contributed by atoms with Gasteiger partial charge in [0.05, 0.1) is 5.70 Å².